The molecule has 2 aromatic heterocycles. The van der Waals surface area contributed by atoms with Crippen molar-refractivity contribution in [2.45, 2.75) is 36.6 Å². The van der Waals surface area contributed by atoms with E-state index in [1.807, 2.05) is 0 Å². The Labute approximate surface area is 192 Å². The van der Waals surface area contributed by atoms with E-state index < -0.39 is 10.4 Å². The monoisotopic (exact) mass is 466 g/mol. The molecular weight excluding hydrogens is 443 g/mol. The lowest BCUT2D eigenvalue weighted by molar-refractivity contribution is 0.0735. The van der Waals surface area contributed by atoms with Crippen LogP contribution in [0.2, 0.25) is 0 Å². The van der Waals surface area contributed by atoms with Gasteiger partial charge in [0.15, 0.2) is 15.3 Å². The van der Waals surface area contributed by atoms with Crippen molar-refractivity contribution in [3.63, 3.8) is 0 Å². The molecule has 1 fully saturated rings. The van der Waals surface area contributed by atoms with Gasteiger partial charge in [-0.1, -0.05) is 16.3 Å². The van der Waals surface area contributed by atoms with Crippen molar-refractivity contribution in [1.82, 2.24) is 14.9 Å². The van der Waals surface area contributed by atoms with Gasteiger partial charge in [-0.2, -0.15) is 4.31 Å². The van der Waals surface area contributed by atoms with Crippen LogP contribution in [0.15, 0.2) is 66.0 Å². The van der Waals surface area contributed by atoms with Crippen molar-refractivity contribution >= 4 is 22.0 Å². The summed E-state index contributed by atoms with van der Waals surface area (Å²) in [6.45, 7) is 0.890. The van der Waals surface area contributed by atoms with Crippen molar-refractivity contribution in [2.24, 2.45) is 0 Å². The zero-order valence-electron chi connectivity index (χ0n) is 17.9. The number of nitrogens with zero attached hydrogens (tertiary/aromatic N) is 4. The Hall–Kier alpha value is -3.17. The van der Waals surface area contributed by atoms with Crippen LogP contribution in [0.25, 0.3) is 0 Å². The minimum atomic E-state index is -3.82. The number of benzene rings is 1. The van der Waals surface area contributed by atoms with Crippen LogP contribution in [0.4, 0.5) is 10.1 Å². The molecule has 0 aliphatic carbocycles. The number of anilines is 1. The Kier molecular flexibility index (Phi) is 5.67. The van der Waals surface area contributed by atoms with Crippen LogP contribution in [-0.2, 0) is 21.0 Å². The molecule has 9 heteroatoms. The third kappa shape index (κ3) is 4.02. The van der Waals surface area contributed by atoms with Gasteiger partial charge in [-0.05, 0) is 61.6 Å². The predicted octanol–water partition coefficient (Wildman–Crippen LogP) is 3.95. The highest BCUT2D eigenvalue weighted by Crippen LogP contribution is 2.36. The number of pyridine rings is 2. The first-order valence-corrected chi connectivity index (χ1v) is 12.4. The number of fused-ring (bicyclic) bond motifs is 1. The molecule has 0 N–H and O–H groups in total. The Morgan fingerprint density at radius 1 is 1.12 bits per heavy atom. The van der Waals surface area contributed by atoms with Crippen LogP contribution in [0.1, 0.15) is 46.9 Å². The lowest BCUT2D eigenvalue weighted by Gasteiger charge is -2.33. The number of carbonyl (C=O) groups is 1. The lowest BCUT2D eigenvalue weighted by atomic mass is 10.0. The fraction of sp³-hybridized carbons (Fsp3) is 0.292. The quantitative estimate of drug-likeness (QED) is 0.543. The molecule has 0 saturated carbocycles. The second-order valence-corrected chi connectivity index (χ2v) is 10.1. The second-order valence-electron chi connectivity index (χ2n) is 8.27. The number of carbonyl (C=O) groups excluding carboxylic acids is 1. The molecule has 1 unspecified atom stereocenters. The number of hydrogen-bond donors (Lipinski definition) is 0. The summed E-state index contributed by atoms with van der Waals surface area (Å²) in [5, 5.41) is 0. The fourth-order valence-electron chi connectivity index (χ4n) is 4.60. The third-order valence-corrected chi connectivity index (χ3v) is 8.03. The summed E-state index contributed by atoms with van der Waals surface area (Å²) in [6, 6.07) is 10.8. The van der Waals surface area contributed by atoms with Gasteiger partial charge in [-0.15, -0.1) is 0 Å². The first-order chi connectivity index (χ1) is 15.9. The molecule has 2 atom stereocenters. The summed E-state index contributed by atoms with van der Waals surface area (Å²) in [5.74, 6) is -0.523. The number of aryl methyl sites for hydroxylation is 1. The van der Waals surface area contributed by atoms with Gasteiger partial charge in [-0.3, -0.25) is 14.8 Å². The highest BCUT2D eigenvalue weighted by atomic mass is 32.3. The van der Waals surface area contributed by atoms with Gasteiger partial charge in [0.2, 0.25) is 0 Å². The molecule has 1 saturated heterocycles. The Bertz CT molecular complexity index is 1220. The maximum atomic E-state index is 13.4. The normalized spacial score (nSPS) is 19.8. The Morgan fingerprint density at radius 3 is 2.70 bits per heavy atom. The molecule has 2 aliphatic rings. The van der Waals surface area contributed by atoms with Crippen LogP contribution in [0.3, 0.4) is 0 Å². The summed E-state index contributed by atoms with van der Waals surface area (Å²) in [4.78, 5) is 23.7. The number of sulfonamides is 1. The number of halogens is 1. The SMILES string of the molecule is O=C(c1cnc2c(c1)N([S+](=O)([O-])c1cccnc1)CCC2)N1CCC[C@@H]1c1ccc(F)cc1. The van der Waals surface area contributed by atoms with Crippen LogP contribution in [-0.4, -0.2) is 38.4 Å². The first-order valence-electron chi connectivity index (χ1n) is 10.9. The second kappa shape index (κ2) is 8.64. The van der Waals surface area contributed by atoms with Gasteiger partial charge in [0.05, 0.1) is 30.0 Å². The lowest BCUT2D eigenvalue weighted by Crippen LogP contribution is -2.40. The molecule has 0 bridgehead atoms. The average Bonchev–Trinajstić information content (AvgIpc) is 3.34. The third-order valence-electron chi connectivity index (χ3n) is 6.23. The molecule has 7 nitrogen and oxygen atoms in total. The topological polar surface area (TPSA) is 89.5 Å². The molecule has 0 spiro atoms. The molecule has 4 heterocycles. The predicted molar refractivity (Wildman–Crippen MR) is 121 cm³/mol. The summed E-state index contributed by atoms with van der Waals surface area (Å²) in [6.07, 6.45) is 7.29. The van der Waals surface area contributed by atoms with Gasteiger partial charge in [0, 0.05) is 18.9 Å². The smallest absolute Gasteiger partial charge is 0.256 e. The number of hydrogen-bond acceptors (Lipinski definition) is 5. The standard InChI is InChI=1S/C24H23FN4O3S/c25-19-9-7-17(8-10-19)22-6-3-12-28(22)24(30)18-14-23-21(27-15-18)5-2-13-29(23)33(31,32)20-4-1-11-26-16-20/h1,4,7-11,14-16,22H,2-3,5-6,12-13H2/t22-/m1/s1. The summed E-state index contributed by atoms with van der Waals surface area (Å²) in [5.41, 5.74) is 2.32. The van der Waals surface area contributed by atoms with E-state index in [0.29, 0.717) is 42.9 Å². The van der Waals surface area contributed by atoms with Crippen LogP contribution < -0.4 is 4.31 Å². The van der Waals surface area contributed by atoms with Gasteiger partial charge in [0.1, 0.15) is 11.5 Å². The van der Waals surface area contributed by atoms with Gasteiger partial charge in [-0.25, -0.2) is 4.39 Å². The number of amides is 1. The largest absolute Gasteiger partial charge is 0.588 e. The average molecular weight is 467 g/mol. The summed E-state index contributed by atoms with van der Waals surface area (Å²) < 4.78 is 41.3. The van der Waals surface area contributed by atoms with E-state index in [2.05, 4.69) is 9.97 Å². The van der Waals surface area contributed by atoms with Crippen LogP contribution >= 0.6 is 0 Å². The van der Waals surface area contributed by atoms with Crippen LogP contribution in [0.5, 0.6) is 0 Å². The van der Waals surface area contributed by atoms with Crippen molar-refractivity contribution < 1.29 is 17.9 Å². The molecule has 3 aromatic rings. The highest BCUT2D eigenvalue weighted by Gasteiger charge is 2.36. The first kappa shape index (κ1) is 21.7. The van der Waals surface area contributed by atoms with Gasteiger partial charge in [0.25, 0.3) is 5.91 Å². The number of likely N-dealkylation sites (tertiary alicyclic amines) is 1. The zero-order valence-corrected chi connectivity index (χ0v) is 18.7. The van der Waals surface area contributed by atoms with E-state index in [0.717, 1.165) is 18.4 Å². The maximum absolute atomic E-state index is 13.4. The molecule has 1 aromatic carbocycles. The maximum Gasteiger partial charge on any atom is 0.256 e. The van der Waals surface area contributed by atoms with E-state index >= 15 is 0 Å². The molecule has 170 valence electrons. The Morgan fingerprint density at radius 2 is 1.94 bits per heavy atom. The van der Waals surface area contributed by atoms with Crippen molar-refractivity contribution in [3.05, 3.63) is 83.7 Å². The Balaban J connectivity index is 1.47. The van der Waals surface area contributed by atoms with E-state index in [1.165, 1.54) is 41.1 Å². The zero-order chi connectivity index (χ0) is 23.0. The molecule has 2 aliphatic heterocycles. The molecular formula is C24H23FN4O3S. The van der Waals surface area contributed by atoms with Crippen LogP contribution in [0, 0.1) is 5.82 Å². The van der Waals surface area contributed by atoms with Crippen molar-refractivity contribution in [1.29, 1.82) is 0 Å². The van der Waals surface area contributed by atoms with Gasteiger partial charge >= 0.3 is 0 Å². The molecule has 0 radical (unpaired) electrons. The molecule has 5 rings (SSSR count). The van der Waals surface area contributed by atoms with E-state index in [1.54, 1.807) is 29.2 Å². The molecule has 1 amide bonds. The van der Waals surface area contributed by atoms with E-state index in [4.69, 9.17) is 0 Å². The summed E-state index contributed by atoms with van der Waals surface area (Å²) >= 11 is 0. The fourth-order valence-corrected chi connectivity index (χ4v) is 6.09. The number of rotatable bonds is 4. The van der Waals surface area contributed by atoms with E-state index in [-0.39, 0.29) is 22.7 Å². The van der Waals surface area contributed by atoms with Gasteiger partial charge < -0.3 is 9.45 Å². The summed E-state index contributed by atoms with van der Waals surface area (Å²) in [7, 11) is -3.82. The number of aromatic nitrogens is 2. The highest BCUT2D eigenvalue weighted by molar-refractivity contribution is 7.99. The van der Waals surface area contributed by atoms with E-state index in [9.17, 15) is 17.9 Å². The minimum Gasteiger partial charge on any atom is -0.588 e. The minimum absolute atomic E-state index is 0.102. The molecule has 33 heavy (non-hydrogen) atoms. The van der Waals surface area contributed by atoms with Crippen molar-refractivity contribution in [3.8, 4) is 0 Å². The van der Waals surface area contributed by atoms with Crippen molar-refractivity contribution in [2.75, 3.05) is 17.4 Å².